The standard InChI is InChI=1S/C16H18N2O3/c1-17(2)11-13-5-3-4-6-15(13)16(19)12-7-9-14(10-8-12)18(20)21/h3-10,16,19H,11H2,1-2H3. The Morgan fingerprint density at radius 3 is 2.33 bits per heavy atom. The van der Waals surface area contributed by atoms with Gasteiger partial charge in [-0.2, -0.15) is 0 Å². The molecule has 0 saturated heterocycles. The Kier molecular flexibility index (Phi) is 4.67. The highest BCUT2D eigenvalue weighted by atomic mass is 16.6. The molecule has 2 aromatic carbocycles. The number of nitro groups is 1. The van der Waals surface area contributed by atoms with Crippen LogP contribution in [0, 0.1) is 10.1 Å². The first-order chi connectivity index (χ1) is 9.99. The van der Waals surface area contributed by atoms with Crippen LogP contribution in [0.1, 0.15) is 22.8 Å². The van der Waals surface area contributed by atoms with E-state index in [0.29, 0.717) is 5.56 Å². The number of rotatable bonds is 5. The molecule has 2 aromatic rings. The Morgan fingerprint density at radius 2 is 1.76 bits per heavy atom. The van der Waals surface area contributed by atoms with Gasteiger partial charge in [-0.3, -0.25) is 10.1 Å². The van der Waals surface area contributed by atoms with E-state index >= 15 is 0 Å². The van der Waals surface area contributed by atoms with E-state index in [9.17, 15) is 15.2 Å². The van der Waals surface area contributed by atoms with Crippen molar-refractivity contribution in [3.8, 4) is 0 Å². The van der Waals surface area contributed by atoms with E-state index in [1.807, 2.05) is 43.3 Å². The zero-order chi connectivity index (χ0) is 15.4. The molecule has 0 radical (unpaired) electrons. The van der Waals surface area contributed by atoms with Gasteiger partial charge in [0.25, 0.3) is 5.69 Å². The molecule has 0 spiro atoms. The molecule has 0 bridgehead atoms. The summed E-state index contributed by atoms with van der Waals surface area (Å²) in [5.74, 6) is 0. The maximum Gasteiger partial charge on any atom is 0.269 e. The zero-order valence-electron chi connectivity index (χ0n) is 12.1. The van der Waals surface area contributed by atoms with Crippen molar-refractivity contribution >= 4 is 5.69 Å². The van der Waals surface area contributed by atoms with Gasteiger partial charge in [0.2, 0.25) is 0 Å². The number of aliphatic hydroxyl groups is 1. The molecule has 1 N–H and O–H groups in total. The molecule has 2 rings (SSSR count). The van der Waals surface area contributed by atoms with Crippen LogP contribution in [0.3, 0.4) is 0 Å². The number of aliphatic hydroxyl groups excluding tert-OH is 1. The van der Waals surface area contributed by atoms with Crippen molar-refractivity contribution in [1.82, 2.24) is 4.90 Å². The minimum absolute atomic E-state index is 0.0209. The van der Waals surface area contributed by atoms with E-state index in [4.69, 9.17) is 0 Å². The lowest BCUT2D eigenvalue weighted by molar-refractivity contribution is -0.384. The van der Waals surface area contributed by atoms with Crippen molar-refractivity contribution in [2.24, 2.45) is 0 Å². The first-order valence-electron chi connectivity index (χ1n) is 6.64. The molecule has 5 heteroatoms. The summed E-state index contributed by atoms with van der Waals surface area (Å²) in [6.07, 6.45) is -0.790. The van der Waals surface area contributed by atoms with Crippen molar-refractivity contribution in [3.63, 3.8) is 0 Å². The Morgan fingerprint density at radius 1 is 1.14 bits per heavy atom. The van der Waals surface area contributed by atoms with Crippen molar-refractivity contribution in [2.45, 2.75) is 12.6 Å². The Bertz CT molecular complexity index is 624. The third-order valence-electron chi connectivity index (χ3n) is 3.26. The van der Waals surface area contributed by atoms with Gasteiger partial charge in [0.05, 0.1) is 4.92 Å². The van der Waals surface area contributed by atoms with Crippen LogP contribution < -0.4 is 0 Å². The number of non-ortho nitro benzene ring substituents is 1. The minimum Gasteiger partial charge on any atom is -0.384 e. The molecule has 0 aliphatic rings. The van der Waals surface area contributed by atoms with Crippen LogP contribution in [0.15, 0.2) is 48.5 Å². The monoisotopic (exact) mass is 286 g/mol. The van der Waals surface area contributed by atoms with Crippen LogP contribution in [0.5, 0.6) is 0 Å². The fraction of sp³-hybridized carbons (Fsp3) is 0.250. The van der Waals surface area contributed by atoms with Crippen LogP contribution >= 0.6 is 0 Å². The molecule has 0 fully saturated rings. The van der Waals surface area contributed by atoms with Gasteiger partial charge < -0.3 is 10.0 Å². The normalized spacial score (nSPS) is 12.4. The summed E-state index contributed by atoms with van der Waals surface area (Å²) in [5, 5.41) is 21.2. The largest absolute Gasteiger partial charge is 0.384 e. The quantitative estimate of drug-likeness (QED) is 0.678. The summed E-state index contributed by atoms with van der Waals surface area (Å²) < 4.78 is 0. The minimum atomic E-state index is -0.790. The van der Waals surface area contributed by atoms with Gasteiger partial charge in [-0.15, -0.1) is 0 Å². The number of nitrogens with zero attached hydrogens (tertiary/aromatic N) is 2. The second-order valence-corrected chi connectivity index (χ2v) is 5.19. The van der Waals surface area contributed by atoms with Crippen molar-refractivity contribution < 1.29 is 10.0 Å². The topological polar surface area (TPSA) is 66.6 Å². The predicted octanol–water partition coefficient (Wildman–Crippen LogP) is 2.74. The summed E-state index contributed by atoms with van der Waals surface area (Å²) >= 11 is 0. The van der Waals surface area contributed by atoms with E-state index in [1.165, 1.54) is 12.1 Å². The summed E-state index contributed by atoms with van der Waals surface area (Å²) in [5.41, 5.74) is 2.52. The number of nitro benzene ring substituents is 1. The average molecular weight is 286 g/mol. The Labute approximate surface area is 123 Å². The van der Waals surface area contributed by atoms with Crippen LogP contribution in [0.2, 0.25) is 0 Å². The first kappa shape index (κ1) is 15.2. The molecule has 21 heavy (non-hydrogen) atoms. The van der Waals surface area contributed by atoms with E-state index in [2.05, 4.69) is 0 Å². The zero-order valence-corrected chi connectivity index (χ0v) is 12.1. The van der Waals surface area contributed by atoms with Crippen LogP contribution in [0.25, 0.3) is 0 Å². The average Bonchev–Trinajstić information content (AvgIpc) is 2.46. The summed E-state index contributed by atoms with van der Waals surface area (Å²) in [7, 11) is 3.93. The molecule has 1 unspecified atom stereocenters. The van der Waals surface area contributed by atoms with Gasteiger partial charge in [0.15, 0.2) is 0 Å². The molecular weight excluding hydrogens is 268 g/mol. The summed E-state index contributed by atoms with van der Waals surface area (Å²) in [4.78, 5) is 12.2. The molecule has 0 heterocycles. The molecular formula is C16H18N2O3. The van der Waals surface area contributed by atoms with Gasteiger partial charge in [0, 0.05) is 18.7 Å². The third-order valence-corrected chi connectivity index (χ3v) is 3.26. The van der Waals surface area contributed by atoms with Crippen molar-refractivity contribution in [1.29, 1.82) is 0 Å². The lowest BCUT2D eigenvalue weighted by Gasteiger charge is -2.18. The smallest absolute Gasteiger partial charge is 0.269 e. The molecule has 0 saturated carbocycles. The van der Waals surface area contributed by atoms with Crippen LogP contribution in [-0.4, -0.2) is 29.0 Å². The lowest BCUT2D eigenvalue weighted by atomic mass is 9.96. The second kappa shape index (κ2) is 6.47. The van der Waals surface area contributed by atoms with E-state index in [0.717, 1.165) is 17.7 Å². The van der Waals surface area contributed by atoms with Crippen LogP contribution in [0.4, 0.5) is 5.69 Å². The van der Waals surface area contributed by atoms with E-state index in [1.54, 1.807) is 12.1 Å². The highest BCUT2D eigenvalue weighted by Crippen LogP contribution is 2.27. The first-order valence-corrected chi connectivity index (χ1v) is 6.64. The summed E-state index contributed by atoms with van der Waals surface area (Å²) in [6, 6.07) is 13.7. The van der Waals surface area contributed by atoms with Gasteiger partial charge in [-0.05, 0) is 42.9 Å². The van der Waals surface area contributed by atoms with Crippen molar-refractivity contribution in [2.75, 3.05) is 14.1 Å². The van der Waals surface area contributed by atoms with Crippen LogP contribution in [-0.2, 0) is 6.54 Å². The van der Waals surface area contributed by atoms with E-state index < -0.39 is 11.0 Å². The predicted molar refractivity (Wildman–Crippen MR) is 81.0 cm³/mol. The Hall–Kier alpha value is -2.24. The maximum absolute atomic E-state index is 10.7. The molecule has 5 nitrogen and oxygen atoms in total. The molecule has 110 valence electrons. The van der Waals surface area contributed by atoms with Gasteiger partial charge in [-0.1, -0.05) is 24.3 Å². The molecule has 1 atom stereocenters. The highest BCUT2D eigenvalue weighted by Gasteiger charge is 2.15. The molecule has 0 aliphatic heterocycles. The van der Waals surface area contributed by atoms with Gasteiger partial charge in [0.1, 0.15) is 6.10 Å². The van der Waals surface area contributed by atoms with Gasteiger partial charge >= 0.3 is 0 Å². The molecule has 0 aromatic heterocycles. The Balaban J connectivity index is 2.31. The molecule has 0 amide bonds. The molecule has 0 aliphatic carbocycles. The maximum atomic E-state index is 10.7. The lowest BCUT2D eigenvalue weighted by Crippen LogP contribution is -2.14. The number of benzene rings is 2. The second-order valence-electron chi connectivity index (χ2n) is 5.19. The van der Waals surface area contributed by atoms with Gasteiger partial charge in [-0.25, -0.2) is 0 Å². The summed E-state index contributed by atoms with van der Waals surface area (Å²) in [6.45, 7) is 0.722. The fourth-order valence-corrected chi connectivity index (χ4v) is 2.24. The third kappa shape index (κ3) is 3.65. The number of hydrogen-bond donors (Lipinski definition) is 1. The fourth-order valence-electron chi connectivity index (χ4n) is 2.24. The van der Waals surface area contributed by atoms with E-state index in [-0.39, 0.29) is 5.69 Å². The number of hydrogen-bond acceptors (Lipinski definition) is 4. The highest BCUT2D eigenvalue weighted by molar-refractivity contribution is 5.39. The SMILES string of the molecule is CN(C)Cc1ccccc1C(O)c1ccc([N+](=O)[O-])cc1. The van der Waals surface area contributed by atoms with Crippen molar-refractivity contribution in [3.05, 3.63) is 75.3 Å².